The zero-order valence-electron chi connectivity index (χ0n) is 30.6. The minimum absolute atomic E-state index is 0.0592. The van der Waals surface area contributed by atoms with Gasteiger partial charge in [0.2, 0.25) is 0 Å². The van der Waals surface area contributed by atoms with Crippen molar-refractivity contribution in [3.8, 4) is 0 Å². The van der Waals surface area contributed by atoms with E-state index in [1.54, 1.807) is 0 Å². The first kappa shape index (κ1) is 38.4. The molecule has 2 amide bonds. The standard InChI is InChI=1S/2C20H22ClF2N3O/c2*1-3-4-15-13-7-8-20(15,16-9-11(21)5-6-12(13)16)24-19(27)14-10-26(2)25-17(14)18(22)23/h2*5-6,9-10,13,15,18H,3-4,7-8H2,1-2H3,(H,24,27). The van der Waals surface area contributed by atoms with Crippen molar-refractivity contribution < 1.29 is 27.2 Å². The van der Waals surface area contributed by atoms with Gasteiger partial charge in [-0.25, -0.2) is 17.6 Å². The molecule has 54 heavy (non-hydrogen) atoms. The number of carbonyl (C=O) groups excluding carboxylic acids is 2. The molecule has 2 heterocycles. The lowest BCUT2D eigenvalue weighted by Crippen LogP contribution is -2.47. The third kappa shape index (κ3) is 6.30. The van der Waals surface area contributed by atoms with E-state index in [0.717, 1.165) is 62.5 Å². The minimum Gasteiger partial charge on any atom is -0.342 e. The van der Waals surface area contributed by atoms with Crippen LogP contribution in [-0.2, 0) is 25.2 Å². The molecule has 0 saturated heterocycles. The molecule has 2 fully saturated rings. The lowest BCUT2D eigenvalue weighted by atomic mass is 9.82. The molecule has 4 aliphatic carbocycles. The zero-order valence-corrected chi connectivity index (χ0v) is 32.1. The molecule has 0 radical (unpaired) electrons. The number of nitrogens with zero attached hydrogens (tertiary/aromatic N) is 4. The Bertz CT molecular complexity index is 1940. The summed E-state index contributed by atoms with van der Waals surface area (Å²) in [6.07, 6.45) is 4.61. The SMILES string of the molecule is CCCC1C2CCC1(NC(=O)c1cn(C)nc1C(F)F)c1cc(Cl)ccc12.CCCC1C2CCC1(NC(=O)c1cn(C)nc1C(F)F)c1cc(Cl)ccc12. The fourth-order valence-electron chi connectivity index (χ4n) is 10.3. The van der Waals surface area contributed by atoms with Crippen LogP contribution in [-0.4, -0.2) is 31.4 Å². The van der Waals surface area contributed by atoms with Crippen molar-refractivity contribution in [2.75, 3.05) is 0 Å². The second-order valence-electron chi connectivity index (χ2n) is 15.2. The molecule has 2 N–H and O–H groups in total. The van der Waals surface area contributed by atoms with Gasteiger partial charge < -0.3 is 10.6 Å². The molecule has 4 bridgehead atoms. The number of benzene rings is 2. The largest absolute Gasteiger partial charge is 0.342 e. The van der Waals surface area contributed by atoms with Gasteiger partial charge in [0.15, 0.2) is 0 Å². The molecule has 2 aromatic heterocycles. The number of halogens is 6. The molecule has 8 nitrogen and oxygen atoms in total. The van der Waals surface area contributed by atoms with E-state index in [4.69, 9.17) is 23.2 Å². The van der Waals surface area contributed by atoms with Crippen LogP contribution in [0.5, 0.6) is 0 Å². The third-order valence-corrected chi connectivity index (χ3v) is 12.7. The highest BCUT2D eigenvalue weighted by Gasteiger charge is 2.58. The van der Waals surface area contributed by atoms with Gasteiger partial charge in [0.25, 0.3) is 24.7 Å². The summed E-state index contributed by atoms with van der Waals surface area (Å²) >= 11 is 12.5. The van der Waals surface area contributed by atoms with E-state index in [2.05, 4.69) is 34.7 Å². The molecule has 2 saturated carbocycles. The summed E-state index contributed by atoms with van der Waals surface area (Å²) in [5.41, 5.74) is 2.37. The Morgan fingerprint density at radius 1 is 0.741 bits per heavy atom. The number of amides is 2. The van der Waals surface area contributed by atoms with E-state index in [1.165, 1.54) is 47.0 Å². The Kier molecular flexibility index (Phi) is 10.4. The second-order valence-corrected chi connectivity index (χ2v) is 16.1. The van der Waals surface area contributed by atoms with Gasteiger partial charge in [-0.3, -0.25) is 19.0 Å². The monoisotopic (exact) mass is 786 g/mol. The second kappa shape index (κ2) is 14.6. The summed E-state index contributed by atoms with van der Waals surface area (Å²) in [6.45, 7) is 4.25. The highest BCUT2D eigenvalue weighted by atomic mass is 35.5. The van der Waals surface area contributed by atoms with Gasteiger partial charge in [0.1, 0.15) is 11.4 Å². The van der Waals surface area contributed by atoms with Crippen LogP contribution in [0.3, 0.4) is 0 Å². The molecular weight excluding hydrogens is 743 g/mol. The Morgan fingerprint density at radius 3 is 1.48 bits per heavy atom. The minimum atomic E-state index is -2.79. The van der Waals surface area contributed by atoms with Crippen LogP contribution in [0, 0.1) is 11.8 Å². The topological polar surface area (TPSA) is 93.8 Å². The molecule has 0 spiro atoms. The van der Waals surface area contributed by atoms with E-state index < -0.39 is 47.1 Å². The molecule has 2 aromatic carbocycles. The van der Waals surface area contributed by atoms with Gasteiger partial charge >= 0.3 is 0 Å². The predicted molar refractivity (Wildman–Crippen MR) is 198 cm³/mol. The first-order valence-electron chi connectivity index (χ1n) is 18.6. The molecule has 6 unspecified atom stereocenters. The van der Waals surface area contributed by atoms with E-state index in [-0.39, 0.29) is 23.0 Å². The van der Waals surface area contributed by atoms with E-state index in [9.17, 15) is 27.2 Å². The van der Waals surface area contributed by atoms with Crippen molar-refractivity contribution >= 4 is 35.0 Å². The molecule has 8 rings (SSSR count). The van der Waals surface area contributed by atoms with Gasteiger partial charge in [0.05, 0.1) is 22.2 Å². The average molecular weight is 788 g/mol. The highest BCUT2D eigenvalue weighted by molar-refractivity contribution is 6.31. The molecule has 288 valence electrons. The van der Waals surface area contributed by atoms with Gasteiger partial charge in [0, 0.05) is 36.5 Å². The molecule has 4 aliphatic rings. The van der Waals surface area contributed by atoms with Crippen LogP contribution in [0.4, 0.5) is 17.6 Å². The van der Waals surface area contributed by atoms with Crippen LogP contribution in [0.15, 0.2) is 48.8 Å². The Hall–Kier alpha value is -3.90. The lowest BCUT2D eigenvalue weighted by Gasteiger charge is -2.34. The van der Waals surface area contributed by atoms with E-state index in [0.29, 0.717) is 21.9 Å². The smallest absolute Gasteiger partial charge is 0.282 e. The Balaban J connectivity index is 0.000000167. The average Bonchev–Trinajstić information content (AvgIpc) is 3.96. The van der Waals surface area contributed by atoms with Crippen molar-refractivity contribution in [3.63, 3.8) is 0 Å². The predicted octanol–water partition coefficient (Wildman–Crippen LogP) is 9.89. The van der Waals surface area contributed by atoms with E-state index in [1.807, 2.05) is 36.4 Å². The lowest BCUT2D eigenvalue weighted by molar-refractivity contribution is 0.0849. The maximum absolute atomic E-state index is 13.3. The molecule has 14 heteroatoms. The van der Waals surface area contributed by atoms with Crippen LogP contribution >= 0.6 is 23.2 Å². The Labute approximate surface area is 322 Å². The number of nitrogens with one attached hydrogen (secondary N) is 2. The van der Waals surface area contributed by atoms with Crippen molar-refractivity contribution in [2.45, 2.75) is 101 Å². The Morgan fingerprint density at radius 2 is 1.13 bits per heavy atom. The number of carbonyl (C=O) groups is 2. The van der Waals surface area contributed by atoms with Crippen LogP contribution in [0.25, 0.3) is 0 Å². The molecule has 6 atom stereocenters. The fourth-order valence-corrected chi connectivity index (χ4v) is 10.6. The maximum Gasteiger partial charge on any atom is 0.282 e. The quantitative estimate of drug-likeness (QED) is 0.157. The van der Waals surface area contributed by atoms with Crippen molar-refractivity contribution in [3.05, 3.63) is 104 Å². The number of fused-ring (bicyclic) bond motifs is 10. The fraction of sp³-hybridized carbons (Fsp3) is 0.500. The summed E-state index contributed by atoms with van der Waals surface area (Å²) in [7, 11) is 3.08. The molecule has 4 aromatic rings. The normalized spacial score (nSPS) is 25.9. The van der Waals surface area contributed by atoms with E-state index >= 15 is 0 Å². The molecule has 0 aliphatic heterocycles. The number of rotatable bonds is 10. The first-order chi connectivity index (χ1) is 25.7. The van der Waals surface area contributed by atoms with Crippen molar-refractivity contribution in [2.24, 2.45) is 25.9 Å². The summed E-state index contributed by atoms with van der Waals surface area (Å²) in [4.78, 5) is 26.1. The number of alkyl halides is 4. The zero-order chi connectivity index (χ0) is 38.7. The van der Waals surface area contributed by atoms with Gasteiger partial charge in [-0.05, 0) is 109 Å². The number of aromatic nitrogens is 4. The van der Waals surface area contributed by atoms with Crippen LogP contribution < -0.4 is 10.6 Å². The number of hydrogen-bond donors (Lipinski definition) is 2. The van der Waals surface area contributed by atoms with Gasteiger partial charge in [-0.1, -0.05) is 62.0 Å². The van der Waals surface area contributed by atoms with Crippen molar-refractivity contribution in [1.29, 1.82) is 0 Å². The third-order valence-electron chi connectivity index (χ3n) is 12.2. The summed E-state index contributed by atoms with van der Waals surface area (Å²) < 4.78 is 55.8. The van der Waals surface area contributed by atoms with Gasteiger partial charge in [-0.2, -0.15) is 10.2 Å². The van der Waals surface area contributed by atoms with Crippen LogP contribution in [0.2, 0.25) is 10.0 Å². The van der Waals surface area contributed by atoms with Crippen molar-refractivity contribution in [1.82, 2.24) is 30.2 Å². The number of hydrogen-bond acceptors (Lipinski definition) is 4. The van der Waals surface area contributed by atoms with Crippen LogP contribution in [0.1, 0.15) is 144 Å². The number of aryl methyl sites for hydroxylation is 2. The summed E-state index contributed by atoms with van der Waals surface area (Å²) in [6, 6.07) is 11.7. The van der Waals surface area contributed by atoms with Gasteiger partial charge in [-0.15, -0.1) is 0 Å². The summed E-state index contributed by atoms with van der Waals surface area (Å²) in [5.74, 6) is 0.279. The maximum atomic E-state index is 13.3. The summed E-state index contributed by atoms with van der Waals surface area (Å²) in [5, 5.41) is 15.1. The molecular formula is C40H44Cl2F4N6O2. The highest BCUT2D eigenvalue weighted by Crippen LogP contribution is 2.62. The first-order valence-corrected chi connectivity index (χ1v) is 19.4.